The lowest BCUT2D eigenvalue weighted by Gasteiger charge is -2.22. The molecule has 180 valence electrons. The van der Waals surface area contributed by atoms with E-state index in [2.05, 4.69) is 0 Å². The zero-order valence-corrected chi connectivity index (χ0v) is 20.0. The maximum Gasteiger partial charge on any atom is 0.309 e. The predicted molar refractivity (Wildman–Crippen MR) is 134 cm³/mol. The summed E-state index contributed by atoms with van der Waals surface area (Å²) in [5, 5.41) is 21.0. The van der Waals surface area contributed by atoms with Gasteiger partial charge in [0, 0.05) is 11.6 Å². The normalized spacial score (nSPS) is 14.7. The molecule has 1 heterocycles. The monoisotopic (exact) mass is 491 g/mol. The van der Waals surface area contributed by atoms with E-state index in [1.807, 2.05) is 55.5 Å². The van der Waals surface area contributed by atoms with Crippen molar-refractivity contribution in [1.29, 1.82) is 0 Å². The highest BCUT2D eigenvalue weighted by Gasteiger charge is 2.37. The average Bonchev–Trinajstić information content (AvgIpc) is 3.07. The van der Waals surface area contributed by atoms with Crippen LogP contribution >= 0.6 is 11.6 Å². The Morgan fingerprint density at radius 3 is 2.11 bits per heavy atom. The van der Waals surface area contributed by atoms with Crippen molar-refractivity contribution in [3.05, 3.63) is 94.0 Å². The second-order valence-corrected chi connectivity index (χ2v) is 9.29. The highest BCUT2D eigenvalue weighted by atomic mass is 35.5. The number of amides is 2. The van der Waals surface area contributed by atoms with Crippen LogP contribution in [-0.4, -0.2) is 45.5 Å². The molecule has 0 fully saturated rings. The summed E-state index contributed by atoms with van der Waals surface area (Å²) < 4.78 is 0. The molecule has 1 aliphatic rings. The fourth-order valence-electron chi connectivity index (χ4n) is 4.38. The van der Waals surface area contributed by atoms with E-state index in [1.165, 1.54) is 0 Å². The summed E-state index contributed by atoms with van der Waals surface area (Å²) >= 11 is 5.94. The molecule has 7 heteroatoms. The lowest BCUT2D eigenvalue weighted by atomic mass is 9.93. The Hall–Kier alpha value is -3.48. The van der Waals surface area contributed by atoms with Gasteiger partial charge in [0.25, 0.3) is 11.8 Å². The van der Waals surface area contributed by atoms with Gasteiger partial charge in [-0.05, 0) is 67.1 Å². The Balaban J connectivity index is 1.35. The topological polar surface area (TPSA) is 94.9 Å². The van der Waals surface area contributed by atoms with Crippen molar-refractivity contribution in [1.82, 2.24) is 4.90 Å². The Bertz CT molecular complexity index is 1250. The van der Waals surface area contributed by atoms with Gasteiger partial charge in [0.2, 0.25) is 0 Å². The van der Waals surface area contributed by atoms with Gasteiger partial charge in [0.05, 0.1) is 23.1 Å². The number of aliphatic hydroxyl groups excluding tert-OH is 1. The highest BCUT2D eigenvalue weighted by Crippen LogP contribution is 2.26. The van der Waals surface area contributed by atoms with Crippen LogP contribution in [0.2, 0.25) is 5.02 Å². The maximum atomic E-state index is 12.7. The highest BCUT2D eigenvalue weighted by molar-refractivity contribution is 6.30. The molecule has 0 saturated carbocycles. The molecule has 0 saturated heterocycles. The van der Waals surface area contributed by atoms with E-state index in [-0.39, 0.29) is 19.4 Å². The van der Waals surface area contributed by atoms with Gasteiger partial charge >= 0.3 is 5.97 Å². The van der Waals surface area contributed by atoms with Gasteiger partial charge in [0.1, 0.15) is 0 Å². The summed E-state index contributed by atoms with van der Waals surface area (Å²) in [7, 11) is 0. The number of aliphatic hydroxyl groups is 1. The number of carboxylic acids is 1. The summed E-state index contributed by atoms with van der Waals surface area (Å²) in [4.78, 5) is 38.2. The predicted octanol–water partition coefficient (Wildman–Crippen LogP) is 5.00. The van der Waals surface area contributed by atoms with Crippen LogP contribution in [0.4, 0.5) is 0 Å². The third kappa shape index (κ3) is 5.45. The zero-order chi connectivity index (χ0) is 25.1. The van der Waals surface area contributed by atoms with E-state index in [9.17, 15) is 24.6 Å². The molecular weight excluding hydrogens is 466 g/mol. The number of nitrogens with zero attached hydrogens (tertiary/aromatic N) is 1. The Morgan fingerprint density at radius 2 is 1.49 bits per heavy atom. The van der Waals surface area contributed by atoms with Gasteiger partial charge in [0.15, 0.2) is 0 Å². The first-order valence-corrected chi connectivity index (χ1v) is 11.8. The number of rotatable bonds is 9. The number of aryl methyl sites for hydroxylation is 2. The molecule has 6 nitrogen and oxygen atoms in total. The van der Waals surface area contributed by atoms with Crippen LogP contribution in [-0.2, 0) is 11.2 Å². The number of halogens is 1. The van der Waals surface area contributed by atoms with Crippen LogP contribution < -0.4 is 0 Å². The van der Waals surface area contributed by atoms with Gasteiger partial charge in [-0.25, -0.2) is 0 Å². The van der Waals surface area contributed by atoms with E-state index < -0.39 is 29.8 Å². The Kier molecular flexibility index (Phi) is 7.34. The minimum atomic E-state index is -1.15. The third-order valence-electron chi connectivity index (χ3n) is 6.43. The lowest BCUT2D eigenvalue weighted by molar-refractivity contribution is -0.146. The first kappa shape index (κ1) is 24.6. The SMILES string of the molecule is Cc1ccc2c(c1)C(=O)N(CC[C@H](C(=O)O)[C@H](O)CCc1ccc(-c3ccc(Cl)cc3)cc1)C2=O. The number of hydrogen-bond acceptors (Lipinski definition) is 4. The molecule has 0 radical (unpaired) electrons. The number of fused-ring (bicyclic) bond motifs is 1. The van der Waals surface area contributed by atoms with Crippen LogP contribution in [0.15, 0.2) is 66.7 Å². The van der Waals surface area contributed by atoms with E-state index in [1.54, 1.807) is 18.2 Å². The standard InChI is InChI=1S/C28H26ClNO5/c1-17-2-12-22-24(16-17)27(33)30(26(22)32)15-14-23(28(34)35)25(31)13-5-18-3-6-19(7-4-18)20-8-10-21(29)11-9-20/h2-4,6-12,16,23,25,31H,5,13-15H2,1H3,(H,34,35)/t23-,25+/m0/s1. The van der Waals surface area contributed by atoms with Crippen LogP contribution in [0, 0.1) is 12.8 Å². The summed E-state index contributed by atoms with van der Waals surface area (Å²) in [5.74, 6) is -3.09. The quantitative estimate of drug-likeness (QED) is 0.411. The second-order valence-electron chi connectivity index (χ2n) is 8.85. The van der Waals surface area contributed by atoms with E-state index in [0.717, 1.165) is 27.2 Å². The summed E-state index contributed by atoms with van der Waals surface area (Å²) in [5.41, 5.74) is 4.58. The van der Waals surface area contributed by atoms with Crippen LogP contribution in [0.1, 0.15) is 44.7 Å². The Morgan fingerprint density at radius 1 is 0.886 bits per heavy atom. The molecule has 4 rings (SSSR count). The van der Waals surface area contributed by atoms with Gasteiger partial charge in [-0.2, -0.15) is 0 Å². The number of carboxylic acid groups (broad SMARTS) is 1. The molecule has 3 aromatic rings. The second kappa shape index (κ2) is 10.4. The van der Waals surface area contributed by atoms with Crippen molar-refractivity contribution in [2.24, 2.45) is 5.92 Å². The lowest BCUT2D eigenvalue weighted by Crippen LogP contribution is -2.36. The van der Waals surface area contributed by atoms with Crippen molar-refractivity contribution in [3.63, 3.8) is 0 Å². The molecule has 0 bridgehead atoms. The van der Waals surface area contributed by atoms with Gasteiger partial charge < -0.3 is 10.2 Å². The fraction of sp³-hybridized carbons (Fsp3) is 0.250. The van der Waals surface area contributed by atoms with Crippen molar-refractivity contribution < 1.29 is 24.6 Å². The molecule has 35 heavy (non-hydrogen) atoms. The molecule has 0 aliphatic carbocycles. The smallest absolute Gasteiger partial charge is 0.309 e. The number of benzene rings is 3. The first-order valence-electron chi connectivity index (χ1n) is 11.5. The largest absolute Gasteiger partial charge is 0.481 e. The summed E-state index contributed by atoms with van der Waals surface area (Å²) in [6.45, 7) is 1.78. The molecular formula is C28H26ClNO5. The van der Waals surface area contributed by atoms with E-state index in [4.69, 9.17) is 11.6 Å². The number of carbonyl (C=O) groups is 3. The fourth-order valence-corrected chi connectivity index (χ4v) is 4.50. The van der Waals surface area contributed by atoms with Crippen molar-refractivity contribution >= 4 is 29.4 Å². The molecule has 3 aromatic carbocycles. The molecule has 0 unspecified atom stereocenters. The minimum absolute atomic E-state index is 0.0174. The maximum absolute atomic E-state index is 12.7. The van der Waals surface area contributed by atoms with Crippen molar-refractivity contribution in [2.45, 2.75) is 32.3 Å². The Labute approximate surface area is 208 Å². The van der Waals surface area contributed by atoms with Crippen LogP contribution in [0.3, 0.4) is 0 Å². The molecule has 2 N–H and O–H groups in total. The first-order chi connectivity index (χ1) is 16.7. The van der Waals surface area contributed by atoms with E-state index in [0.29, 0.717) is 22.6 Å². The van der Waals surface area contributed by atoms with Crippen LogP contribution in [0.5, 0.6) is 0 Å². The number of imide groups is 1. The molecule has 0 spiro atoms. The average molecular weight is 492 g/mol. The minimum Gasteiger partial charge on any atom is -0.481 e. The van der Waals surface area contributed by atoms with Gasteiger partial charge in [-0.3, -0.25) is 19.3 Å². The zero-order valence-electron chi connectivity index (χ0n) is 19.3. The van der Waals surface area contributed by atoms with Crippen molar-refractivity contribution in [3.8, 4) is 11.1 Å². The van der Waals surface area contributed by atoms with Gasteiger partial charge in [-0.1, -0.05) is 59.6 Å². The molecule has 0 aromatic heterocycles. The molecule has 1 aliphatic heterocycles. The number of carbonyl (C=O) groups excluding carboxylic acids is 2. The summed E-state index contributed by atoms with van der Waals surface area (Å²) in [6.07, 6.45) is -0.381. The van der Waals surface area contributed by atoms with E-state index >= 15 is 0 Å². The third-order valence-corrected chi connectivity index (χ3v) is 6.68. The van der Waals surface area contributed by atoms with Crippen molar-refractivity contribution in [2.75, 3.05) is 6.54 Å². The molecule has 2 atom stereocenters. The molecule has 2 amide bonds. The van der Waals surface area contributed by atoms with Gasteiger partial charge in [-0.15, -0.1) is 0 Å². The van der Waals surface area contributed by atoms with Crippen LogP contribution in [0.25, 0.3) is 11.1 Å². The number of hydrogen-bond donors (Lipinski definition) is 2. The summed E-state index contributed by atoms with van der Waals surface area (Å²) in [6, 6.07) is 20.4. The number of aliphatic carboxylic acids is 1.